The van der Waals surface area contributed by atoms with Crippen molar-refractivity contribution in [2.45, 2.75) is 25.9 Å². The van der Waals surface area contributed by atoms with E-state index in [0.717, 1.165) is 18.8 Å². The van der Waals surface area contributed by atoms with Crippen LogP contribution in [0.15, 0.2) is 25.0 Å². The largest absolute Gasteiger partial charge is 0.337 e. The molecular formula is C10H17N3. The van der Waals surface area contributed by atoms with Crippen molar-refractivity contribution < 1.29 is 0 Å². The van der Waals surface area contributed by atoms with E-state index in [4.69, 9.17) is 0 Å². The summed E-state index contributed by atoms with van der Waals surface area (Å²) >= 11 is 0. The normalized spacial score (nSPS) is 12.8. The van der Waals surface area contributed by atoms with Gasteiger partial charge >= 0.3 is 0 Å². The van der Waals surface area contributed by atoms with Gasteiger partial charge in [-0.1, -0.05) is 6.08 Å². The third-order valence-electron chi connectivity index (χ3n) is 2.05. The van der Waals surface area contributed by atoms with Crippen molar-refractivity contribution in [3.05, 3.63) is 30.9 Å². The molecule has 1 aromatic heterocycles. The van der Waals surface area contributed by atoms with Gasteiger partial charge in [0.15, 0.2) is 0 Å². The monoisotopic (exact) mass is 179 g/mol. The zero-order valence-electron chi connectivity index (χ0n) is 8.33. The Morgan fingerprint density at radius 3 is 3.08 bits per heavy atom. The van der Waals surface area contributed by atoms with Crippen molar-refractivity contribution in [3.8, 4) is 0 Å². The molecule has 3 heteroatoms. The summed E-state index contributed by atoms with van der Waals surface area (Å²) in [5, 5.41) is 3.37. The van der Waals surface area contributed by atoms with Crippen LogP contribution in [0.4, 0.5) is 0 Å². The molecule has 0 spiro atoms. The zero-order valence-corrected chi connectivity index (χ0v) is 8.33. The molecular weight excluding hydrogens is 162 g/mol. The van der Waals surface area contributed by atoms with Gasteiger partial charge in [0.1, 0.15) is 5.82 Å². The predicted octanol–water partition coefficient (Wildman–Crippen LogP) is 1.47. The second-order valence-corrected chi connectivity index (χ2v) is 3.26. The molecule has 0 fully saturated rings. The maximum Gasteiger partial charge on any atom is 0.122 e. The maximum atomic E-state index is 4.22. The highest BCUT2D eigenvalue weighted by atomic mass is 15.1. The second-order valence-electron chi connectivity index (χ2n) is 3.26. The number of aryl methyl sites for hydroxylation is 1. The Bertz CT molecular complexity index is 265. The summed E-state index contributed by atoms with van der Waals surface area (Å²) < 4.78 is 2.02. The SMILES string of the molecule is C=CCC(C)NCc1nccn1C. The van der Waals surface area contributed by atoms with E-state index in [1.807, 2.05) is 30.1 Å². The highest BCUT2D eigenvalue weighted by Crippen LogP contribution is 1.96. The number of nitrogens with one attached hydrogen (secondary N) is 1. The minimum atomic E-state index is 0.467. The molecule has 72 valence electrons. The van der Waals surface area contributed by atoms with E-state index in [0.29, 0.717) is 6.04 Å². The van der Waals surface area contributed by atoms with E-state index in [1.165, 1.54) is 0 Å². The third-order valence-corrected chi connectivity index (χ3v) is 2.05. The van der Waals surface area contributed by atoms with Gasteiger partial charge in [0, 0.05) is 25.5 Å². The number of rotatable bonds is 5. The summed E-state index contributed by atoms with van der Waals surface area (Å²) in [6.45, 7) is 6.66. The minimum Gasteiger partial charge on any atom is -0.337 e. The Balaban J connectivity index is 2.34. The van der Waals surface area contributed by atoms with Crippen molar-refractivity contribution in [2.75, 3.05) is 0 Å². The molecule has 1 heterocycles. The Kier molecular flexibility index (Phi) is 3.71. The second kappa shape index (κ2) is 4.82. The molecule has 0 bridgehead atoms. The lowest BCUT2D eigenvalue weighted by molar-refractivity contribution is 0.532. The first-order valence-electron chi connectivity index (χ1n) is 4.54. The summed E-state index contributed by atoms with van der Waals surface area (Å²) in [5.41, 5.74) is 0. The lowest BCUT2D eigenvalue weighted by Crippen LogP contribution is -2.26. The van der Waals surface area contributed by atoms with Crippen LogP contribution < -0.4 is 5.32 Å². The highest BCUT2D eigenvalue weighted by molar-refractivity contribution is 4.91. The summed E-state index contributed by atoms with van der Waals surface area (Å²) in [7, 11) is 2.00. The van der Waals surface area contributed by atoms with Gasteiger partial charge in [0.2, 0.25) is 0 Å². The fourth-order valence-corrected chi connectivity index (χ4v) is 1.17. The van der Waals surface area contributed by atoms with Crippen molar-refractivity contribution in [3.63, 3.8) is 0 Å². The zero-order chi connectivity index (χ0) is 9.68. The summed E-state index contributed by atoms with van der Waals surface area (Å²) in [6, 6.07) is 0.467. The first-order chi connectivity index (χ1) is 6.24. The molecule has 0 aliphatic heterocycles. The van der Waals surface area contributed by atoms with Gasteiger partial charge in [-0.2, -0.15) is 0 Å². The Morgan fingerprint density at radius 1 is 1.77 bits per heavy atom. The number of aromatic nitrogens is 2. The third kappa shape index (κ3) is 3.03. The quantitative estimate of drug-likeness (QED) is 0.694. The first-order valence-corrected chi connectivity index (χ1v) is 4.54. The summed E-state index contributed by atoms with van der Waals surface area (Å²) in [4.78, 5) is 4.22. The van der Waals surface area contributed by atoms with Crippen molar-refractivity contribution in [2.24, 2.45) is 7.05 Å². The van der Waals surface area contributed by atoms with Crippen LogP contribution in [-0.2, 0) is 13.6 Å². The van der Waals surface area contributed by atoms with Crippen molar-refractivity contribution in [1.29, 1.82) is 0 Å². The molecule has 0 amide bonds. The molecule has 1 aromatic rings. The van der Waals surface area contributed by atoms with Gasteiger partial charge < -0.3 is 9.88 Å². The van der Waals surface area contributed by atoms with Crippen LogP contribution in [0.2, 0.25) is 0 Å². The van der Waals surface area contributed by atoms with Crippen LogP contribution in [-0.4, -0.2) is 15.6 Å². The van der Waals surface area contributed by atoms with E-state index in [1.54, 1.807) is 0 Å². The highest BCUT2D eigenvalue weighted by Gasteiger charge is 2.01. The van der Waals surface area contributed by atoms with Gasteiger partial charge in [-0.15, -0.1) is 6.58 Å². The molecule has 0 saturated carbocycles. The molecule has 0 aliphatic rings. The smallest absolute Gasteiger partial charge is 0.122 e. The molecule has 13 heavy (non-hydrogen) atoms. The topological polar surface area (TPSA) is 29.9 Å². The molecule has 1 atom stereocenters. The van der Waals surface area contributed by atoms with Gasteiger partial charge in [-0.25, -0.2) is 4.98 Å². The molecule has 1 rings (SSSR count). The van der Waals surface area contributed by atoms with Crippen molar-refractivity contribution >= 4 is 0 Å². The molecule has 0 aliphatic carbocycles. The van der Waals surface area contributed by atoms with E-state index in [9.17, 15) is 0 Å². The molecule has 1 N–H and O–H groups in total. The standard InChI is InChI=1S/C10H17N3/c1-4-5-9(2)12-8-10-11-6-7-13(10)3/h4,6-7,9,12H,1,5,8H2,2-3H3. The molecule has 0 saturated heterocycles. The van der Waals surface area contributed by atoms with Crippen LogP contribution in [0, 0.1) is 0 Å². The van der Waals surface area contributed by atoms with Gasteiger partial charge in [-0.05, 0) is 13.3 Å². The van der Waals surface area contributed by atoms with E-state index >= 15 is 0 Å². The average Bonchev–Trinajstić information content (AvgIpc) is 2.48. The lowest BCUT2D eigenvalue weighted by atomic mass is 10.2. The number of nitrogens with zero attached hydrogens (tertiary/aromatic N) is 2. The Labute approximate surface area is 79.5 Å². The van der Waals surface area contributed by atoms with Crippen LogP contribution in [0.3, 0.4) is 0 Å². The van der Waals surface area contributed by atoms with Crippen LogP contribution in [0.1, 0.15) is 19.2 Å². The molecule has 0 radical (unpaired) electrons. The average molecular weight is 179 g/mol. The number of hydrogen-bond donors (Lipinski definition) is 1. The number of hydrogen-bond acceptors (Lipinski definition) is 2. The minimum absolute atomic E-state index is 0.467. The van der Waals surface area contributed by atoms with E-state index in [-0.39, 0.29) is 0 Å². The van der Waals surface area contributed by atoms with E-state index in [2.05, 4.69) is 23.8 Å². The maximum absolute atomic E-state index is 4.22. The van der Waals surface area contributed by atoms with Crippen LogP contribution in [0.5, 0.6) is 0 Å². The van der Waals surface area contributed by atoms with Crippen LogP contribution in [0.25, 0.3) is 0 Å². The Morgan fingerprint density at radius 2 is 2.54 bits per heavy atom. The fourth-order valence-electron chi connectivity index (χ4n) is 1.17. The summed E-state index contributed by atoms with van der Waals surface area (Å²) in [6.07, 6.45) is 6.69. The van der Waals surface area contributed by atoms with Gasteiger partial charge in [0.05, 0.1) is 6.54 Å². The molecule has 1 unspecified atom stereocenters. The molecule has 3 nitrogen and oxygen atoms in total. The van der Waals surface area contributed by atoms with Gasteiger partial charge in [0.25, 0.3) is 0 Å². The Hall–Kier alpha value is -1.09. The van der Waals surface area contributed by atoms with Crippen molar-refractivity contribution in [1.82, 2.24) is 14.9 Å². The van der Waals surface area contributed by atoms with E-state index < -0.39 is 0 Å². The predicted molar refractivity (Wildman–Crippen MR) is 54.3 cm³/mol. The molecule has 0 aromatic carbocycles. The number of imidazole rings is 1. The fraction of sp³-hybridized carbons (Fsp3) is 0.500. The van der Waals surface area contributed by atoms with Gasteiger partial charge in [-0.3, -0.25) is 0 Å². The first kappa shape index (κ1) is 9.99. The van der Waals surface area contributed by atoms with Crippen LogP contribution >= 0.6 is 0 Å². The lowest BCUT2D eigenvalue weighted by Gasteiger charge is -2.10. The summed E-state index contributed by atoms with van der Waals surface area (Å²) in [5.74, 6) is 1.07.